The van der Waals surface area contributed by atoms with E-state index in [1.807, 2.05) is 69.1 Å². The average Bonchev–Trinajstić information content (AvgIpc) is 2.39. The Kier molecular flexibility index (Phi) is 3.73. The Morgan fingerprint density at radius 3 is 1.15 bits per heavy atom. The Labute approximate surface area is 138 Å². The van der Waals surface area contributed by atoms with E-state index in [4.69, 9.17) is 44.3 Å². The Morgan fingerprint density at radius 2 is 0.850 bits per heavy atom. The Balaban J connectivity index is 2.02. The molecule has 0 saturated carbocycles. The topological polar surface area (TPSA) is 6.48 Å². The van der Waals surface area contributed by atoms with Crippen LogP contribution >= 0.6 is 44.3 Å². The van der Waals surface area contributed by atoms with Crippen molar-refractivity contribution in [3.63, 3.8) is 0 Å². The molecule has 0 spiro atoms. The molecule has 104 valence electrons. The van der Waals surface area contributed by atoms with Gasteiger partial charge in [0.2, 0.25) is 0 Å². The molecule has 0 N–H and O–H groups in total. The summed E-state index contributed by atoms with van der Waals surface area (Å²) < 4.78 is 3.64. The molecule has 0 atom stereocenters. The molecule has 3 rings (SSSR count). The zero-order valence-corrected chi connectivity index (χ0v) is 15.2. The zero-order chi connectivity index (χ0) is 14.4. The van der Waals surface area contributed by atoms with E-state index >= 15 is 0 Å². The molecule has 0 unspecified atom stereocenters. The van der Waals surface area contributed by atoms with Crippen LogP contribution in [0.2, 0.25) is 0 Å². The van der Waals surface area contributed by atoms with E-state index in [9.17, 15) is 0 Å². The lowest BCUT2D eigenvalue weighted by Crippen LogP contribution is -2.87. The number of para-hydroxylation sites is 2. The first-order chi connectivity index (χ1) is 9.45. The summed E-state index contributed by atoms with van der Waals surface area (Å²) in [6, 6.07) is 19.2. The summed E-state index contributed by atoms with van der Waals surface area (Å²) in [5, 5.41) is 0. The predicted octanol–water partition coefficient (Wildman–Crippen LogP) is 4.84. The lowest BCUT2D eigenvalue weighted by molar-refractivity contribution is 1.30. The quantitative estimate of drug-likeness (QED) is 0.544. The molecule has 0 bridgehead atoms. The maximum absolute atomic E-state index is 6.61. The first-order valence-corrected chi connectivity index (χ1v) is 13.8. The van der Waals surface area contributed by atoms with Gasteiger partial charge in [-0.3, -0.25) is 0 Å². The minimum atomic E-state index is -2.92. The van der Waals surface area contributed by atoms with Gasteiger partial charge in [-0.2, -0.15) is 0 Å². The minimum Gasteiger partial charge on any atom is -0.344 e. The fourth-order valence-corrected chi connectivity index (χ4v) is 21.9. The molecule has 2 nitrogen and oxygen atoms in total. The molecule has 2 aromatic rings. The van der Waals surface area contributed by atoms with Gasteiger partial charge in [0.1, 0.15) is 0 Å². The summed E-state index contributed by atoms with van der Waals surface area (Å²) in [6.07, 6.45) is 0. The van der Waals surface area contributed by atoms with Crippen molar-refractivity contribution in [2.24, 2.45) is 0 Å². The van der Waals surface area contributed by atoms with Crippen LogP contribution in [0.4, 0.5) is 11.4 Å². The van der Waals surface area contributed by atoms with Crippen molar-refractivity contribution in [3.05, 3.63) is 60.7 Å². The first-order valence-electron chi connectivity index (χ1n) is 5.92. The minimum absolute atomic E-state index is 0.869. The molecule has 0 radical (unpaired) electrons. The molecule has 0 aromatic heterocycles. The third-order valence-electron chi connectivity index (χ3n) is 3.10. The second-order valence-corrected chi connectivity index (χ2v) is 16.6. The number of halogens is 4. The van der Waals surface area contributed by atoms with Crippen LogP contribution in [-0.4, -0.2) is 14.0 Å². The van der Waals surface area contributed by atoms with Gasteiger partial charge in [-0.15, -0.1) is 0 Å². The molecule has 20 heavy (non-hydrogen) atoms. The standard InChI is InChI=1S/C12H10Cl4N2Si2/c13-19(14)17(11-7-3-1-4-8-11)20(15,16)18(19)12-9-5-2-6-10-12/h1-10H. The van der Waals surface area contributed by atoms with E-state index in [2.05, 4.69) is 0 Å². The average molecular weight is 380 g/mol. The van der Waals surface area contributed by atoms with Crippen molar-refractivity contribution in [1.82, 2.24) is 0 Å². The Hall–Kier alpha value is -0.366. The highest BCUT2D eigenvalue weighted by Gasteiger charge is 2.72. The predicted molar refractivity (Wildman–Crippen MR) is 92.8 cm³/mol. The molecule has 1 fully saturated rings. The van der Waals surface area contributed by atoms with Crippen LogP contribution in [0.1, 0.15) is 0 Å². The van der Waals surface area contributed by atoms with Crippen molar-refractivity contribution < 1.29 is 0 Å². The highest BCUT2D eigenvalue weighted by Crippen LogP contribution is 2.52. The number of hydrogen-bond donors (Lipinski definition) is 0. The normalized spacial score (nSPS) is 19.6. The van der Waals surface area contributed by atoms with E-state index in [-0.39, 0.29) is 0 Å². The highest BCUT2D eigenvalue weighted by atomic mass is 35.7. The summed E-state index contributed by atoms with van der Waals surface area (Å²) in [4.78, 5) is 0. The van der Waals surface area contributed by atoms with E-state index in [1.165, 1.54) is 0 Å². The molecule has 1 aliphatic rings. The summed E-state index contributed by atoms with van der Waals surface area (Å²) in [5.74, 6) is 0. The van der Waals surface area contributed by atoms with Gasteiger partial charge in [0.15, 0.2) is 0 Å². The van der Waals surface area contributed by atoms with Crippen LogP contribution < -0.4 is 8.46 Å². The monoisotopic (exact) mass is 378 g/mol. The number of nitrogens with zero attached hydrogens (tertiary/aromatic N) is 2. The second kappa shape index (κ2) is 5.12. The maximum Gasteiger partial charge on any atom is 0.459 e. The van der Waals surface area contributed by atoms with Crippen LogP contribution in [0.3, 0.4) is 0 Å². The molecule has 2 aromatic carbocycles. The molecule has 1 heterocycles. The van der Waals surface area contributed by atoms with Crippen LogP contribution in [-0.2, 0) is 0 Å². The molecule has 8 heteroatoms. The van der Waals surface area contributed by atoms with E-state index < -0.39 is 14.0 Å². The molecular formula is C12H10Cl4N2Si2. The molecule has 1 saturated heterocycles. The molecular weight excluding hydrogens is 370 g/mol. The third-order valence-corrected chi connectivity index (χ3v) is 17.6. The molecule has 0 amide bonds. The van der Waals surface area contributed by atoms with Crippen molar-refractivity contribution in [2.75, 3.05) is 8.46 Å². The maximum atomic E-state index is 6.61. The van der Waals surface area contributed by atoms with Crippen LogP contribution in [0.25, 0.3) is 0 Å². The summed E-state index contributed by atoms with van der Waals surface area (Å²) in [6.45, 7) is 0. The van der Waals surface area contributed by atoms with Crippen LogP contribution in [0.15, 0.2) is 60.7 Å². The highest BCUT2D eigenvalue weighted by molar-refractivity contribution is 7.71. The van der Waals surface area contributed by atoms with Crippen LogP contribution in [0.5, 0.6) is 0 Å². The van der Waals surface area contributed by atoms with Gasteiger partial charge < -0.3 is 8.46 Å². The summed E-state index contributed by atoms with van der Waals surface area (Å²) in [5.41, 5.74) is 1.74. The van der Waals surface area contributed by atoms with Gasteiger partial charge in [-0.1, -0.05) is 80.7 Å². The van der Waals surface area contributed by atoms with Gasteiger partial charge in [-0.05, 0) is 24.3 Å². The van der Waals surface area contributed by atoms with Crippen molar-refractivity contribution in [2.45, 2.75) is 0 Å². The number of rotatable bonds is 2. The van der Waals surface area contributed by atoms with Crippen molar-refractivity contribution in [1.29, 1.82) is 0 Å². The van der Waals surface area contributed by atoms with Gasteiger partial charge in [0, 0.05) is 11.4 Å². The van der Waals surface area contributed by atoms with Crippen molar-refractivity contribution in [3.8, 4) is 0 Å². The number of anilines is 2. The number of benzene rings is 2. The van der Waals surface area contributed by atoms with E-state index in [0.717, 1.165) is 11.4 Å². The SMILES string of the molecule is Cl[Si]1(Cl)N(c2ccccc2)[Si](Cl)(Cl)N1c1ccccc1. The summed E-state index contributed by atoms with van der Waals surface area (Å²) >= 11 is 26.4. The smallest absolute Gasteiger partial charge is 0.344 e. The lowest BCUT2D eigenvalue weighted by Gasteiger charge is -2.60. The lowest BCUT2D eigenvalue weighted by atomic mass is 10.3. The summed E-state index contributed by atoms with van der Waals surface area (Å²) in [7, 11) is -5.84. The van der Waals surface area contributed by atoms with Crippen molar-refractivity contribution >= 4 is 69.7 Å². The largest absolute Gasteiger partial charge is 0.459 e. The molecule has 1 aliphatic heterocycles. The molecule has 0 aliphatic carbocycles. The fraction of sp³-hybridized carbons (Fsp3) is 0. The Morgan fingerprint density at radius 1 is 0.550 bits per heavy atom. The van der Waals surface area contributed by atoms with E-state index in [1.54, 1.807) is 0 Å². The van der Waals surface area contributed by atoms with Gasteiger partial charge >= 0.3 is 14.0 Å². The van der Waals surface area contributed by atoms with Gasteiger partial charge in [-0.25, -0.2) is 0 Å². The zero-order valence-electron chi connectivity index (χ0n) is 10.2. The fourth-order valence-electron chi connectivity index (χ4n) is 2.25. The second-order valence-electron chi connectivity index (χ2n) is 4.36. The van der Waals surface area contributed by atoms with Gasteiger partial charge in [0.05, 0.1) is 0 Å². The third kappa shape index (κ3) is 2.15. The van der Waals surface area contributed by atoms with E-state index in [0.29, 0.717) is 0 Å². The van der Waals surface area contributed by atoms with Crippen LogP contribution in [0, 0.1) is 0 Å². The Bertz CT molecular complexity index is 542. The first kappa shape index (κ1) is 14.6. The number of hydrogen-bond acceptors (Lipinski definition) is 2. The van der Waals surface area contributed by atoms with Gasteiger partial charge in [0.25, 0.3) is 0 Å².